The van der Waals surface area contributed by atoms with E-state index in [0.717, 1.165) is 4.90 Å². The molecule has 10 heteroatoms. The summed E-state index contributed by atoms with van der Waals surface area (Å²) < 4.78 is 0. The molecule has 0 aliphatic carbocycles. The van der Waals surface area contributed by atoms with Crippen molar-refractivity contribution in [2.75, 3.05) is 19.6 Å². The van der Waals surface area contributed by atoms with Crippen molar-refractivity contribution in [3.05, 3.63) is 0 Å². The highest BCUT2D eigenvalue weighted by molar-refractivity contribution is 6.02. The number of carbonyl (C=O) groups excluding carboxylic acids is 4. The van der Waals surface area contributed by atoms with Gasteiger partial charge in [-0.1, -0.05) is 0 Å². The average molecular weight is 272 g/mol. The van der Waals surface area contributed by atoms with E-state index in [9.17, 15) is 19.2 Å². The first kappa shape index (κ1) is 14.9. The highest BCUT2D eigenvalue weighted by atomic mass is 16.2. The van der Waals surface area contributed by atoms with E-state index in [-0.39, 0.29) is 32.5 Å². The summed E-state index contributed by atoms with van der Waals surface area (Å²) in [7, 11) is 0. The normalized spacial score (nSPS) is 14.8. The third-order valence-electron chi connectivity index (χ3n) is 2.62. The van der Waals surface area contributed by atoms with Gasteiger partial charge in [-0.05, 0) is 0 Å². The van der Waals surface area contributed by atoms with Gasteiger partial charge in [0.05, 0.1) is 0 Å². The molecule has 0 unspecified atom stereocenters. The SMILES string of the molecule is NNC(=O)CCN1CC(=O)N(CCC(=O)NN)C1=O. The fraction of sp³-hybridized carbons (Fsp3) is 0.556. The Hall–Kier alpha value is -2.20. The first-order valence-corrected chi connectivity index (χ1v) is 5.57. The lowest BCUT2D eigenvalue weighted by Crippen LogP contribution is -2.39. The topological polar surface area (TPSA) is 151 Å². The van der Waals surface area contributed by atoms with E-state index >= 15 is 0 Å². The highest BCUT2D eigenvalue weighted by Gasteiger charge is 2.35. The average Bonchev–Trinajstić information content (AvgIpc) is 2.68. The zero-order valence-corrected chi connectivity index (χ0v) is 10.2. The van der Waals surface area contributed by atoms with Crippen LogP contribution in [0.15, 0.2) is 0 Å². The van der Waals surface area contributed by atoms with Gasteiger partial charge in [0.1, 0.15) is 6.54 Å². The minimum Gasteiger partial charge on any atom is -0.314 e. The van der Waals surface area contributed by atoms with E-state index in [1.165, 1.54) is 4.90 Å². The predicted molar refractivity (Wildman–Crippen MR) is 62.6 cm³/mol. The van der Waals surface area contributed by atoms with Gasteiger partial charge in [0.2, 0.25) is 17.7 Å². The molecule has 1 rings (SSSR count). The molecule has 1 aliphatic heterocycles. The molecule has 1 heterocycles. The van der Waals surface area contributed by atoms with E-state index in [0.29, 0.717) is 0 Å². The number of amides is 5. The lowest BCUT2D eigenvalue weighted by atomic mass is 10.4. The van der Waals surface area contributed by atoms with Crippen LogP contribution in [0.4, 0.5) is 4.79 Å². The van der Waals surface area contributed by atoms with E-state index in [2.05, 4.69) is 0 Å². The lowest BCUT2D eigenvalue weighted by molar-refractivity contribution is -0.126. The minimum absolute atomic E-state index is 0.00659. The summed E-state index contributed by atoms with van der Waals surface area (Å²) >= 11 is 0. The third-order valence-corrected chi connectivity index (χ3v) is 2.62. The van der Waals surface area contributed by atoms with Gasteiger partial charge in [-0.15, -0.1) is 0 Å². The molecule has 0 aromatic heterocycles. The minimum atomic E-state index is -0.528. The van der Waals surface area contributed by atoms with Crippen LogP contribution in [0.3, 0.4) is 0 Å². The molecule has 0 spiro atoms. The fourth-order valence-electron chi connectivity index (χ4n) is 1.58. The molecule has 6 N–H and O–H groups in total. The maximum Gasteiger partial charge on any atom is 0.327 e. The second-order valence-electron chi connectivity index (χ2n) is 3.88. The second kappa shape index (κ2) is 6.66. The molecular formula is C9H16N6O4. The summed E-state index contributed by atoms with van der Waals surface area (Å²) in [5.74, 6) is 8.49. The third kappa shape index (κ3) is 3.89. The Morgan fingerprint density at radius 3 is 2.11 bits per heavy atom. The number of hydrazine groups is 2. The second-order valence-corrected chi connectivity index (χ2v) is 3.88. The molecule has 0 aromatic rings. The van der Waals surface area contributed by atoms with Gasteiger partial charge >= 0.3 is 6.03 Å². The van der Waals surface area contributed by atoms with Gasteiger partial charge in [-0.2, -0.15) is 0 Å². The Labute approximate surface area is 109 Å². The Morgan fingerprint density at radius 2 is 1.58 bits per heavy atom. The van der Waals surface area contributed by atoms with Crippen molar-refractivity contribution in [1.82, 2.24) is 20.7 Å². The summed E-state index contributed by atoms with van der Waals surface area (Å²) in [4.78, 5) is 47.5. The summed E-state index contributed by atoms with van der Waals surface area (Å²) in [5, 5.41) is 0. The van der Waals surface area contributed by atoms with Crippen molar-refractivity contribution < 1.29 is 19.2 Å². The highest BCUT2D eigenvalue weighted by Crippen LogP contribution is 2.11. The number of hydrogen-bond donors (Lipinski definition) is 4. The van der Waals surface area contributed by atoms with Crippen molar-refractivity contribution in [1.29, 1.82) is 0 Å². The first-order chi connectivity index (χ1) is 8.99. The van der Waals surface area contributed by atoms with Gasteiger partial charge in [0.15, 0.2) is 0 Å². The zero-order chi connectivity index (χ0) is 14.4. The van der Waals surface area contributed by atoms with Gasteiger partial charge < -0.3 is 4.90 Å². The van der Waals surface area contributed by atoms with Crippen LogP contribution in [-0.2, 0) is 14.4 Å². The van der Waals surface area contributed by atoms with Gasteiger partial charge in [-0.25, -0.2) is 16.5 Å². The van der Waals surface area contributed by atoms with Crippen LogP contribution in [0, 0.1) is 0 Å². The monoisotopic (exact) mass is 272 g/mol. The van der Waals surface area contributed by atoms with Gasteiger partial charge in [0.25, 0.3) is 0 Å². The molecule has 0 bridgehead atoms. The van der Waals surface area contributed by atoms with Crippen LogP contribution < -0.4 is 22.5 Å². The van der Waals surface area contributed by atoms with Crippen LogP contribution in [-0.4, -0.2) is 53.2 Å². The Kier molecular flexibility index (Phi) is 5.21. The smallest absolute Gasteiger partial charge is 0.314 e. The predicted octanol–water partition coefficient (Wildman–Crippen LogP) is -2.99. The van der Waals surface area contributed by atoms with Gasteiger partial charge in [-0.3, -0.25) is 30.1 Å². The van der Waals surface area contributed by atoms with Gasteiger partial charge in [0, 0.05) is 25.9 Å². The Bertz CT molecular complexity index is 398. The largest absolute Gasteiger partial charge is 0.327 e. The van der Waals surface area contributed by atoms with Crippen molar-refractivity contribution in [2.24, 2.45) is 11.7 Å². The first-order valence-electron chi connectivity index (χ1n) is 5.57. The molecule has 1 saturated heterocycles. The Balaban J connectivity index is 2.48. The molecular weight excluding hydrogens is 256 g/mol. The molecule has 0 atom stereocenters. The molecule has 19 heavy (non-hydrogen) atoms. The van der Waals surface area contributed by atoms with Crippen molar-refractivity contribution in [3.8, 4) is 0 Å². The summed E-state index contributed by atoms with van der Waals surface area (Å²) in [5.41, 5.74) is 3.84. The zero-order valence-electron chi connectivity index (χ0n) is 10.2. The summed E-state index contributed by atoms with van der Waals surface area (Å²) in [6, 6.07) is -0.528. The van der Waals surface area contributed by atoms with Crippen LogP contribution in [0.25, 0.3) is 0 Å². The van der Waals surface area contributed by atoms with E-state index in [1.54, 1.807) is 0 Å². The van der Waals surface area contributed by atoms with Crippen LogP contribution >= 0.6 is 0 Å². The van der Waals surface area contributed by atoms with Crippen LogP contribution in [0.2, 0.25) is 0 Å². The maximum absolute atomic E-state index is 11.8. The molecule has 0 radical (unpaired) electrons. The standard InChI is InChI=1S/C9H16N6O4/c10-12-6(16)1-3-14-5-8(18)15(9(14)19)4-2-7(17)13-11/h1-5,10-11H2,(H,12,16)(H,13,17). The van der Waals surface area contributed by atoms with E-state index in [4.69, 9.17) is 11.7 Å². The molecule has 1 fully saturated rings. The lowest BCUT2D eigenvalue weighted by Gasteiger charge is -2.16. The number of urea groups is 1. The fourth-order valence-corrected chi connectivity index (χ4v) is 1.58. The molecule has 10 nitrogen and oxygen atoms in total. The van der Waals surface area contributed by atoms with Crippen molar-refractivity contribution in [2.45, 2.75) is 12.8 Å². The molecule has 106 valence electrons. The summed E-state index contributed by atoms with van der Waals surface area (Å²) in [6.45, 7) is -0.0611. The van der Waals surface area contributed by atoms with Crippen molar-refractivity contribution >= 4 is 23.8 Å². The quantitative estimate of drug-likeness (QED) is 0.175. The number of nitrogens with one attached hydrogen (secondary N) is 2. The number of carbonyl (C=O) groups is 4. The maximum atomic E-state index is 11.8. The molecule has 0 aromatic carbocycles. The number of nitrogens with zero attached hydrogens (tertiary/aromatic N) is 2. The molecule has 0 saturated carbocycles. The van der Waals surface area contributed by atoms with Crippen molar-refractivity contribution in [3.63, 3.8) is 0 Å². The molecule has 5 amide bonds. The number of hydrogen-bond acceptors (Lipinski definition) is 6. The van der Waals surface area contributed by atoms with E-state index in [1.807, 2.05) is 10.9 Å². The number of imide groups is 1. The van der Waals surface area contributed by atoms with Crippen LogP contribution in [0.5, 0.6) is 0 Å². The Morgan fingerprint density at radius 1 is 1.05 bits per heavy atom. The van der Waals surface area contributed by atoms with Crippen LogP contribution in [0.1, 0.15) is 12.8 Å². The van der Waals surface area contributed by atoms with E-state index < -0.39 is 23.8 Å². The number of rotatable bonds is 6. The number of nitrogens with two attached hydrogens (primary N) is 2. The summed E-state index contributed by atoms with van der Waals surface area (Å²) in [6.07, 6.45) is -0.0578. The molecule has 1 aliphatic rings.